The minimum Gasteiger partial charge on any atom is -0.0879 e. The lowest BCUT2D eigenvalue weighted by Gasteiger charge is -1.81. The van der Waals surface area contributed by atoms with E-state index in [1.807, 2.05) is 0 Å². The van der Waals surface area contributed by atoms with Gasteiger partial charge in [-0.15, -0.1) is 0 Å². The second-order valence-corrected chi connectivity index (χ2v) is 2.14. The van der Waals surface area contributed by atoms with Gasteiger partial charge in [-0.05, 0) is 19.3 Å². The molecule has 0 aromatic heterocycles. The van der Waals surface area contributed by atoms with E-state index in [2.05, 4.69) is 36.5 Å². The smallest absolute Gasteiger partial charge is 0.0166 e. The Morgan fingerprint density at radius 3 is 2.44 bits per heavy atom. The van der Waals surface area contributed by atoms with Crippen LogP contribution in [0.25, 0.3) is 0 Å². The molecule has 0 aliphatic heterocycles. The van der Waals surface area contributed by atoms with Crippen LogP contribution in [0.4, 0.5) is 0 Å². The van der Waals surface area contributed by atoms with Crippen molar-refractivity contribution in [2.24, 2.45) is 0 Å². The summed E-state index contributed by atoms with van der Waals surface area (Å²) < 4.78 is 0. The van der Waals surface area contributed by atoms with E-state index < -0.39 is 0 Å². The minimum atomic E-state index is 1.09. The molecule has 0 bridgehead atoms. The van der Waals surface area contributed by atoms with Crippen molar-refractivity contribution in [3.8, 4) is 0 Å². The highest BCUT2D eigenvalue weighted by atomic mass is 13.8. The standard InChI is InChI=1S/C9H12/c1-2-4-6-8-9-7-5-3-1/h1-4,7,9H,5-6,8H2/b3-1?,4-2+,9-7+. The van der Waals surface area contributed by atoms with Gasteiger partial charge in [0.25, 0.3) is 0 Å². The van der Waals surface area contributed by atoms with Gasteiger partial charge in [-0.1, -0.05) is 36.5 Å². The van der Waals surface area contributed by atoms with E-state index in [1.165, 1.54) is 12.8 Å². The predicted octanol–water partition coefficient (Wildman–Crippen LogP) is 2.84. The highest BCUT2D eigenvalue weighted by Gasteiger charge is 1.77. The van der Waals surface area contributed by atoms with Gasteiger partial charge in [-0.2, -0.15) is 0 Å². The molecule has 0 radical (unpaired) electrons. The Balaban J connectivity index is 2.43. The average Bonchev–Trinajstić information content (AvgIpc) is 2.00. The average molecular weight is 120 g/mol. The van der Waals surface area contributed by atoms with Crippen molar-refractivity contribution in [2.45, 2.75) is 19.3 Å². The number of allylic oxidation sites excluding steroid dienone is 6. The van der Waals surface area contributed by atoms with Crippen LogP contribution in [-0.2, 0) is 0 Å². The van der Waals surface area contributed by atoms with Gasteiger partial charge in [-0.3, -0.25) is 0 Å². The van der Waals surface area contributed by atoms with Crippen LogP contribution < -0.4 is 0 Å². The monoisotopic (exact) mass is 120 g/mol. The zero-order chi connectivity index (χ0) is 6.36. The number of rotatable bonds is 0. The molecule has 0 atom stereocenters. The number of hydrogen-bond donors (Lipinski definition) is 0. The van der Waals surface area contributed by atoms with Crippen LogP contribution in [0, 0.1) is 0 Å². The fourth-order valence-electron chi connectivity index (χ4n) is 0.817. The predicted molar refractivity (Wildman–Crippen MR) is 41.3 cm³/mol. The van der Waals surface area contributed by atoms with Gasteiger partial charge in [0.1, 0.15) is 0 Å². The van der Waals surface area contributed by atoms with Gasteiger partial charge in [0.2, 0.25) is 0 Å². The third kappa shape index (κ3) is 2.91. The minimum absolute atomic E-state index is 1.09. The molecule has 0 saturated heterocycles. The molecule has 0 aromatic carbocycles. The maximum Gasteiger partial charge on any atom is -0.0166 e. The first-order valence-electron chi connectivity index (χ1n) is 3.47. The van der Waals surface area contributed by atoms with Crippen molar-refractivity contribution in [2.75, 3.05) is 0 Å². The van der Waals surface area contributed by atoms with E-state index >= 15 is 0 Å². The molecule has 0 aromatic rings. The first kappa shape index (κ1) is 6.34. The van der Waals surface area contributed by atoms with Crippen molar-refractivity contribution in [3.63, 3.8) is 0 Å². The highest BCUT2D eigenvalue weighted by Crippen LogP contribution is 1.98. The molecule has 0 heteroatoms. The van der Waals surface area contributed by atoms with E-state index in [-0.39, 0.29) is 0 Å². The molecule has 0 spiro atoms. The van der Waals surface area contributed by atoms with Crippen LogP contribution in [0.3, 0.4) is 0 Å². The lowest BCUT2D eigenvalue weighted by Crippen LogP contribution is -1.61. The van der Waals surface area contributed by atoms with E-state index in [0.717, 1.165) is 6.42 Å². The van der Waals surface area contributed by atoms with Crippen molar-refractivity contribution in [3.05, 3.63) is 36.5 Å². The maximum absolute atomic E-state index is 2.24. The van der Waals surface area contributed by atoms with Crippen molar-refractivity contribution in [1.29, 1.82) is 0 Å². The van der Waals surface area contributed by atoms with E-state index in [1.54, 1.807) is 0 Å². The second-order valence-electron chi connectivity index (χ2n) is 2.14. The Kier molecular flexibility index (Phi) is 2.91. The molecule has 9 heavy (non-hydrogen) atoms. The maximum atomic E-state index is 2.24. The summed E-state index contributed by atoms with van der Waals surface area (Å²) in [5.74, 6) is 0. The van der Waals surface area contributed by atoms with E-state index in [4.69, 9.17) is 0 Å². The van der Waals surface area contributed by atoms with Crippen LogP contribution in [0.1, 0.15) is 19.3 Å². The molecule has 0 N–H and O–H groups in total. The fraction of sp³-hybridized carbons (Fsp3) is 0.333. The van der Waals surface area contributed by atoms with E-state index in [0.29, 0.717) is 0 Å². The molecule has 0 heterocycles. The summed E-state index contributed by atoms with van der Waals surface area (Å²) in [6.45, 7) is 0. The summed E-state index contributed by atoms with van der Waals surface area (Å²) in [4.78, 5) is 0. The summed E-state index contributed by atoms with van der Waals surface area (Å²) in [6, 6.07) is 0. The first-order chi connectivity index (χ1) is 4.50. The molecular formula is C9H12. The van der Waals surface area contributed by atoms with Gasteiger partial charge in [-0.25, -0.2) is 0 Å². The zero-order valence-corrected chi connectivity index (χ0v) is 5.59. The topological polar surface area (TPSA) is 0 Å². The Labute approximate surface area is 56.6 Å². The molecular weight excluding hydrogens is 108 g/mol. The van der Waals surface area contributed by atoms with Crippen molar-refractivity contribution < 1.29 is 0 Å². The fourth-order valence-corrected chi connectivity index (χ4v) is 0.817. The Bertz CT molecular complexity index is 138. The molecule has 0 nitrogen and oxygen atoms in total. The lowest BCUT2D eigenvalue weighted by atomic mass is 10.3. The lowest BCUT2D eigenvalue weighted by molar-refractivity contribution is 1.05. The van der Waals surface area contributed by atoms with Crippen LogP contribution >= 0.6 is 0 Å². The summed E-state index contributed by atoms with van der Waals surface area (Å²) >= 11 is 0. The zero-order valence-electron chi connectivity index (χ0n) is 5.59. The molecule has 1 aliphatic rings. The third-order valence-electron chi connectivity index (χ3n) is 1.32. The summed E-state index contributed by atoms with van der Waals surface area (Å²) in [5, 5.41) is 0. The van der Waals surface area contributed by atoms with Gasteiger partial charge in [0.15, 0.2) is 0 Å². The Hall–Kier alpha value is -0.780. The summed E-state index contributed by atoms with van der Waals surface area (Å²) in [6.07, 6.45) is 16.5. The third-order valence-corrected chi connectivity index (χ3v) is 1.32. The summed E-state index contributed by atoms with van der Waals surface area (Å²) in [7, 11) is 0. The van der Waals surface area contributed by atoms with Crippen molar-refractivity contribution >= 4 is 0 Å². The van der Waals surface area contributed by atoms with Gasteiger partial charge in [0.05, 0.1) is 0 Å². The Morgan fingerprint density at radius 2 is 1.44 bits per heavy atom. The van der Waals surface area contributed by atoms with Crippen LogP contribution in [0.2, 0.25) is 0 Å². The van der Waals surface area contributed by atoms with Gasteiger partial charge >= 0.3 is 0 Å². The number of hydrogen-bond acceptors (Lipinski definition) is 0. The molecule has 0 fully saturated rings. The Morgan fingerprint density at radius 1 is 0.667 bits per heavy atom. The highest BCUT2D eigenvalue weighted by molar-refractivity contribution is 5.06. The largest absolute Gasteiger partial charge is 0.0879 e. The molecule has 1 aliphatic carbocycles. The molecule has 0 unspecified atom stereocenters. The first-order valence-corrected chi connectivity index (χ1v) is 3.47. The van der Waals surface area contributed by atoms with Crippen molar-refractivity contribution in [1.82, 2.24) is 0 Å². The quantitative estimate of drug-likeness (QED) is 0.431. The van der Waals surface area contributed by atoms with Gasteiger partial charge in [0, 0.05) is 0 Å². The molecule has 1 rings (SSSR count). The van der Waals surface area contributed by atoms with E-state index in [9.17, 15) is 0 Å². The van der Waals surface area contributed by atoms with Crippen LogP contribution in [0.5, 0.6) is 0 Å². The molecule has 48 valence electrons. The van der Waals surface area contributed by atoms with Crippen LogP contribution in [-0.4, -0.2) is 0 Å². The van der Waals surface area contributed by atoms with Crippen LogP contribution in [0.15, 0.2) is 36.5 Å². The normalized spacial score (nSPS) is 25.8. The second kappa shape index (κ2) is 4.13. The molecule has 0 saturated carbocycles. The summed E-state index contributed by atoms with van der Waals surface area (Å²) in [5.41, 5.74) is 0. The van der Waals surface area contributed by atoms with Gasteiger partial charge < -0.3 is 0 Å². The molecule has 0 amide bonds. The SMILES string of the molecule is C1=CC/C=C/CC/C=C/1.